The van der Waals surface area contributed by atoms with Gasteiger partial charge in [0, 0.05) is 16.9 Å². The molecule has 0 aliphatic carbocycles. The van der Waals surface area contributed by atoms with E-state index in [4.69, 9.17) is 4.74 Å². The molecule has 4 aromatic carbocycles. The zero-order valence-corrected chi connectivity index (χ0v) is 18.9. The van der Waals surface area contributed by atoms with Gasteiger partial charge >= 0.3 is 5.97 Å². The van der Waals surface area contributed by atoms with Gasteiger partial charge in [0.15, 0.2) is 6.61 Å². The molecule has 1 aromatic heterocycles. The monoisotopic (exact) mass is 464 g/mol. The first-order valence-electron chi connectivity index (χ1n) is 10.8. The van der Waals surface area contributed by atoms with Gasteiger partial charge in [-0.3, -0.25) is 9.69 Å². The molecule has 5 nitrogen and oxygen atoms in total. The summed E-state index contributed by atoms with van der Waals surface area (Å²) in [7, 11) is 0. The zero-order valence-electron chi connectivity index (χ0n) is 18.1. The molecule has 0 N–H and O–H groups in total. The fourth-order valence-corrected chi connectivity index (χ4v) is 4.70. The molecule has 5 rings (SSSR count). The molecular formula is C28H20N2O3S. The van der Waals surface area contributed by atoms with Gasteiger partial charge in [-0.2, -0.15) is 0 Å². The Labute approximate surface area is 200 Å². The van der Waals surface area contributed by atoms with Crippen molar-refractivity contribution in [1.82, 2.24) is 4.98 Å². The van der Waals surface area contributed by atoms with E-state index in [2.05, 4.69) is 4.98 Å². The number of amides is 1. The van der Waals surface area contributed by atoms with Crippen molar-refractivity contribution in [3.8, 4) is 10.6 Å². The van der Waals surface area contributed by atoms with Crippen molar-refractivity contribution in [3.05, 3.63) is 115 Å². The van der Waals surface area contributed by atoms with E-state index in [9.17, 15) is 9.59 Å². The van der Waals surface area contributed by atoms with Crippen molar-refractivity contribution >= 4 is 44.8 Å². The Morgan fingerprint density at radius 1 is 0.735 bits per heavy atom. The maximum atomic E-state index is 13.2. The quantitative estimate of drug-likeness (QED) is 0.270. The summed E-state index contributed by atoms with van der Waals surface area (Å²) in [6, 6.07) is 33.6. The van der Waals surface area contributed by atoms with Crippen LogP contribution < -0.4 is 4.90 Å². The smallest absolute Gasteiger partial charge is 0.339 e. The van der Waals surface area contributed by atoms with Crippen LogP contribution in [0.3, 0.4) is 0 Å². The van der Waals surface area contributed by atoms with E-state index in [0.717, 1.165) is 15.2 Å². The molecule has 0 saturated carbocycles. The molecule has 0 aliphatic rings. The highest BCUT2D eigenvalue weighted by Crippen LogP contribution is 2.32. The van der Waals surface area contributed by atoms with Crippen molar-refractivity contribution < 1.29 is 14.3 Å². The SMILES string of the molecule is O=C(OCC(=O)N(c1ccccc1)c1ccccc1)c1ccccc1-c1nc2ccccc2s1. The van der Waals surface area contributed by atoms with Gasteiger partial charge in [-0.1, -0.05) is 66.7 Å². The van der Waals surface area contributed by atoms with Gasteiger partial charge in [0.25, 0.3) is 5.91 Å². The van der Waals surface area contributed by atoms with Crippen LogP contribution in [0.5, 0.6) is 0 Å². The Bertz CT molecular complexity index is 1380. The van der Waals surface area contributed by atoms with Crippen molar-refractivity contribution in [1.29, 1.82) is 0 Å². The number of esters is 1. The second-order valence-electron chi connectivity index (χ2n) is 7.51. The topological polar surface area (TPSA) is 59.5 Å². The second kappa shape index (κ2) is 9.68. The number of para-hydroxylation sites is 3. The van der Waals surface area contributed by atoms with Crippen LogP contribution in [0.25, 0.3) is 20.8 Å². The lowest BCUT2D eigenvalue weighted by atomic mass is 10.1. The summed E-state index contributed by atoms with van der Waals surface area (Å²) in [6.07, 6.45) is 0. The number of carbonyl (C=O) groups is 2. The lowest BCUT2D eigenvalue weighted by Gasteiger charge is -2.23. The third kappa shape index (κ3) is 4.44. The molecule has 0 spiro atoms. The fourth-order valence-electron chi connectivity index (χ4n) is 3.70. The first kappa shape index (κ1) is 21.6. The largest absolute Gasteiger partial charge is 0.452 e. The molecular weight excluding hydrogens is 444 g/mol. The highest BCUT2D eigenvalue weighted by molar-refractivity contribution is 7.21. The predicted molar refractivity (Wildman–Crippen MR) is 135 cm³/mol. The van der Waals surface area contributed by atoms with Gasteiger partial charge in [0.2, 0.25) is 0 Å². The molecule has 1 heterocycles. The Kier molecular flexibility index (Phi) is 6.14. The number of thiazole rings is 1. The van der Waals surface area contributed by atoms with E-state index in [1.54, 1.807) is 17.0 Å². The molecule has 0 aliphatic heterocycles. The van der Waals surface area contributed by atoms with Crippen LogP contribution in [-0.2, 0) is 9.53 Å². The molecule has 34 heavy (non-hydrogen) atoms. The van der Waals surface area contributed by atoms with Crippen LogP contribution in [0.4, 0.5) is 11.4 Å². The number of anilines is 2. The number of benzene rings is 4. The maximum Gasteiger partial charge on any atom is 0.339 e. The van der Waals surface area contributed by atoms with Crippen LogP contribution >= 0.6 is 11.3 Å². The van der Waals surface area contributed by atoms with Gasteiger partial charge in [-0.05, 0) is 42.5 Å². The molecule has 1 amide bonds. The van der Waals surface area contributed by atoms with Crippen molar-refractivity contribution in [3.63, 3.8) is 0 Å². The number of ether oxygens (including phenoxy) is 1. The molecule has 166 valence electrons. The van der Waals surface area contributed by atoms with E-state index < -0.39 is 12.6 Å². The molecule has 0 bridgehead atoms. The molecule has 0 fully saturated rings. The van der Waals surface area contributed by atoms with Gasteiger partial charge < -0.3 is 4.74 Å². The lowest BCUT2D eigenvalue weighted by molar-refractivity contribution is -0.120. The molecule has 0 saturated heterocycles. The number of hydrogen-bond acceptors (Lipinski definition) is 5. The van der Waals surface area contributed by atoms with Crippen LogP contribution in [0, 0.1) is 0 Å². The van der Waals surface area contributed by atoms with Gasteiger partial charge in [0.1, 0.15) is 5.01 Å². The number of carbonyl (C=O) groups excluding carboxylic acids is 2. The summed E-state index contributed by atoms with van der Waals surface area (Å²) in [6.45, 7) is -0.392. The molecule has 0 unspecified atom stereocenters. The van der Waals surface area contributed by atoms with Crippen molar-refractivity contribution in [2.45, 2.75) is 0 Å². The Morgan fingerprint density at radius 2 is 1.32 bits per heavy atom. The van der Waals surface area contributed by atoms with E-state index in [1.807, 2.05) is 97.1 Å². The van der Waals surface area contributed by atoms with Crippen LogP contribution in [0.15, 0.2) is 109 Å². The Balaban J connectivity index is 1.38. The minimum atomic E-state index is -0.565. The number of fused-ring (bicyclic) bond motifs is 1. The summed E-state index contributed by atoms with van der Waals surface area (Å²) >= 11 is 1.51. The van der Waals surface area contributed by atoms with E-state index >= 15 is 0 Å². The van der Waals surface area contributed by atoms with E-state index in [1.165, 1.54) is 11.3 Å². The summed E-state index contributed by atoms with van der Waals surface area (Å²) in [5, 5.41) is 0.732. The highest BCUT2D eigenvalue weighted by atomic mass is 32.1. The lowest BCUT2D eigenvalue weighted by Crippen LogP contribution is -2.30. The molecule has 0 atom stereocenters. The maximum absolute atomic E-state index is 13.2. The first-order chi connectivity index (χ1) is 16.7. The van der Waals surface area contributed by atoms with Crippen LogP contribution in [0.1, 0.15) is 10.4 Å². The van der Waals surface area contributed by atoms with Crippen molar-refractivity contribution in [2.24, 2.45) is 0 Å². The average molecular weight is 465 g/mol. The normalized spacial score (nSPS) is 10.7. The number of hydrogen-bond donors (Lipinski definition) is 0. The molecule has 5 aromatic rings. The number of aromatic nitrogens is 1. The van der Waals surface area contributed by atoms with Gasteiger partial charge in [-0.15, -0.1) is 11.3 Å². The third-order valence-electron chi connectivity index (χ3n) is 5.28. The van der Waals surface area contributed by atoms with Crippen molar-refractivity contribution in [2.75, 3.05) is 11.5 Å². The number of nitrogens with zero attached hydrogens (tertiary/aromatic N) is 2. The molecule has 0 radical (unpaired) electrons. The Hall–Kier alpha value is -4.29. The third-order valence-corrected chi connectivity index (χ3v) is 6.35. The summed E-state index contributed by atoms with van der Waals surface area (Å²) in [4.78, 5) is 32.4. The summed E-state index contributed by atoms with van der Waals surface area (Å²) < 4.78 is 6.54. The number of rotatable bonds is 6. The van der Waals surface area contributed by atoms with Gasteiger partial charge in [-0.25, -0.2) is 9.78 Å². The summed E-state index contributed by atoms with van der Waals surface area (Å²) in [5.41, 5.74) is 3.33. The standard InChI is InChI=1S/C28H20N2O3S/c31-26(30(20-11-3-1-4-12-20)21-13-5-2-6-14-21)19-33-28(32)23-16-8-7-15-22(23)27-29-24-17-9-10-18-25(24)34-27/h1-18H,19H2. The predicted octanol–water partition coefficient (Wildman–Crippen LogP) is 6.49. The fraction of sp³-hybridized carbons (Fsp3) is 0.0357. The van der Waals surface area contributed by atoms with E-state index in [-0.39, 0.29) is 5.91 Å². The summed E-state index contributed by atoms with van der Waals surface area (Å²) in [5.74, 6) is -0.910. The zero-order chi connectivity index (χ0) is 23.3. The van der Waals surface area contributed by atoms with Crippen LogP contribution in [-0.4, -0.2) is 23.5 Å². The van der Waals surface area contributed by atoms with Crippen LogP contribution in [0.2, 0.25) is 0 Å². The molecule has 6 heteroatoms. The minimum absolute atomic E-state index is 0.344. The minimum Gasteiger partial charge on any atom is -0.452 e. The first-order valence-corrected chi connectivity index (χ1v) is 11.6. The second-order valence-corrected chi connectivity index (χ2v) is 8.54. The van der Waals surface area contributed by atoms with Gasteiger partial charge in [0.05, 0.1) is 15.8 Å². The highest BCUT2D eigenvalue weighted by Gasteiger charge is 2.22. The van der Waals surface area contributed by atoms with E-state index in [0.29, 0.717) is 22.5 Å². The Morgan fingerprint density at radius 3 is 2.00 bits per heavy atom. The average Bonchev–Trinajstić information content (AvgIpc) is 3.33.